The van der Waals surface area contributed by atoms with Crippen molar-refractivity contribution in [2.24, 2.45) is 11.8 Å². The molecule has 0 amide bonds. The minimum atomic E-state index is 0.163. The molecule has 2 bridgehead atoms. The van der Waals surface area contributed by atoms with Crippen molar-refractivity contribution in [1.82, 2.24) is 19.7 Å². The van der Waals surface area contributed by atoms with E-state index in [-0.39, 0.29) is 11.9 Å². The second-order valence-electron chi connectivity index (χ2n) is 8.14. The molecule has 0 radical (unpaired) electrons. The van der Waals surface area contributed by atoms with Gasteiger partial charge in [-0.25, -0.2) is 4.98 Å². The highest BCUT2D eigenvalue weighted by molar-refractivity contribution is 5.68. The second-order valence-corrected chi connectivity index (χ2v) is 8.14. The van der Waals surface area contributed by atoms with Crippen molar-refractivity contribution in [2.75, 3.05) is 0 Å². The van der Waals surface area contributed by atoms with Crippen LogP contribution in [0.3, 0.4) is 0 Å². The Morgan fingerprint density at radius 3 is 2.50 bits per heavy atom. The molecule has 2 heterocycles. The molecular weight excluding hydrogens is 352 g/mol. The molecule has 144 valence electrons. The predicted octanol–water partition coefficient (Wildman–Crippen LogP) is 4.30. The Balaban J connectivity index is 1.31. The maximum Gasteiger partial charge on any atom is 0.233 e. The van der Waals surface area contributed by atoms with E-state index in [4.69, 9.17) is 4.74 Å². The molecule has 3 atom stereocenters. The van der Waals surface area contributed by atoms with Crippen molar-refractivity contribution >= 4 is 0 Å². The molecule has 0 aliphatic heterocycles. The fourth-order valence-corrected chi connectivity index (χ4v) is 4.70. The molecule has 2 aliphatic rings. The summed E-state index contributed by atoms with van der Waals surface area (Å²) in [6, 6.07) is 9.20. The van der Waals surface area contributed by atoms with Crippen LogP contribution < -0.4 is 4.74 Å². The number of nitrogens with zero attached hydrogens (tertiary/aromatic N) is 4. The third-order valence-corrected chi connectivity index (χ3v) is 6.04. The standard InChI is InChI=1S/C22H24N4O2/c1-14-12-26(13-23-14)17-4-5-19(21(27)11-17)20-6-7-22(25-24-20)28-18-9-15-2-3-16(8-15)10-18/h4-7,11-13,15-16,18,27H,2-3,8-10H2,1H3/t15-,16?,18?/m0/s1. The number of phenolic OH excluding ortho intramolecular Hbond substituents is 1. The molecule has 2 saturated carbocycles. The summed E-state index contributed by atoms with van der Waals surface area (Å²) in [5, 5.41) is 19.0. The minimum Gasteiger partial charge on any atom is -0.507 e. The van der Waals surface area contributed by atoms with Gasteiger partial charge in [-0.1, -0.05) is 12.8 Å². The molecule has 1 N–H and O–H groups in total. The number of phenols is 1. The van der Waals surface area contributed by atoms with Crippen molar-refractivity contribution in [3.05, 3.63) is 48.5 Å². The van der Waals surface area contributed by atoms with E-state index in [1.807, 2.05) is 42.0 Å². The highest BCUT2D eigenvalue weighted by Gasteiger charge is 2.35. The number of imidazole rings is 1. The van der Waals surface area contributed by atoms with Crippen LogP contribution in [0.25, 0.3) is 16.9 Å². The fraction of sp³-hybridized carbons (Fsp3) is 0.409. The van der Waals surface area contributed by atoms with Crippen LogP contribution in [0, 0.1) is 18.8 Å². The van der Waals surface area contributed by atoms with Crippen LogP contribution in [0.2, 0.25) is 0 Å². The Hall–Kier alpha value is -2.89. The molecule has 5 rings (SSSR count). The van der Waals surface area contributed by atoms with Gasteiger partial charge in [0.15, 0.2) is 0 Å². The van der Waals surface area contributed by atoms with Gasteiger partial charge in [0.1, 0.15) is 11.9 Å². The summed E-state index contributed by atoms with van der Waals surface area (Å²) in [7, 11) is 0. The van der Waals surface area contributed by atoms with Gasteiger partial charge in [0.2, 0.25) is 5.88 Å². The van der Waals surface area contributed by atoms with Gasteiger partial charge in [-0.15, -0.1) is 10.2 Å². The fourth-order valence-electron chi connectivity index (χ4n) is 4.70. The summed E-state index contributed by atoms with van der Waals surface area (Å²) >= 11 is 0. The van der Waals surface area contributed by atoms with E-state index in [9.17, 15) is 5.11 Å². The average Bonchev–Trinajstić information content (AvgIpc) is 3.27. The minimum absolute atomic E-state index is 0.163. The first-order valence-electron chi connectivity index (χ1n) is 9.99. The smallest absolute Gasteiger partial charge is 0.233 e. The van der Waals surface area contributed by atoms with Gasteiger partial charge < -0.3 is 14.4 Å². The number of fused-ring (bicyclic) bond motifs is 2. The second kappa shape index (κ2) is 6.93. The average molecular weight is 376 g/mol. The van der Waals surface area contributed by atoms with Crippen LogP contribution in [0.1, 0.15) is 37.8 Å². The first-order chi connectivity index (χ1) is 13.6. The number of aromatic hydroxyl groups is 1. The first kappa shape index (κ1) is 17.2. The van der Waals surface area contributed by atoms with Crippen LogP contribution in [0.15, 0.2) is 42.9 Å². The largest absolute Gasteiger partial charge is 0.507 e. The van der Waals surface area contributed by atoms with E-state index in [0.717, 1.165) is 36.1 Å². The number of hydrogen-bond donors (Lipinski definition) is 1. The number of aromatic nitrogens is 4. The summed E-state index contributed by atoms with van der Waals surface area (Å²) in [4.78, 5) is 4.22. The molecule has 28 heavy (non-hydrogen) atoms. The summed E-state index contributed by atoms with van der Waals surface area (Å²) in [5.74, 6) is 2.38. The lowest BCUT2D eigenvalue weighted by atomic mass is 9.87. The van der Waals surface area contributed by atoms with Crippen LogP contribution >= 0.6 is 0 Å². The highest BCUT2D eigenvalue weighted by Crippen LogP contribution is 2.43. The number of aryl methyl sites for hydroxylation is 1. The van der Waals surface area contributed by atoms with Crippen LogP contribution in [0.4, 0.5) is 0 Å². The maximum absolute atomic E-state index is 10.5. The van der Waals surface area contributed by atoms with E-state index in [2.05, 4.69) is 15.2 Å². The van der Waals surface area contributed by atoms with Gasteiger partial charge >= 0.3 is 0 Å². The Labute approximate surface area is 164 Å². The zero-order valence-electron chi connectivity index (χ0n) is 16.0. The summed E-state index contributed by atoms with van der Waals surface area (Å²) in [5.41, 5.74) is 3.05. The van der Waals surface area contributed by atoms with Gasteiger partial charge in [0.25, 0.3) is 0 Å². The molecule has 6 heteroatoms. The van der Waals surface area contributed by atoms with Crippen molar-refractivity contribution in [1.29, 1.82) is 0 Å². The zero-order valence-corrected chi connectivity index (χ0v) is 16.0. The number of benzene rings is 1. The molecule has 2 aliphatic carbocycles. The molecule has 0 saturated heterocycles. The lowest BCUT2D eigenvalue weighted by Gasteiger charge is -2.27. The SMILES string of the molecule is Cc1cn(-c2ccc(-c3ccc(OC4CC5CC[C@@H](C5)C4)nn3)c(O)c2)cn1. The Kier molecular flexibility index (Phi) is 4.26. The number of ether oxygens (including phenoxy) is 1. The Morgan fingerprint density at radius 1 is 1.04 bits per heavy atom. The van der Waals surface area contributed by atoms with Crippen molar-refractivity contribution < 1.29 is 9.84 Å². The van der Waals surface area contributed by atoms with Gasteiger partial charge in [-0.2, -0.15) is 0 Å². The van der Waals surface area contributed by atoms with Crippen molar-refractivity contribution in [2.45, 2.75) is 45.1 Å². The van der Waals surface area contributed by atoms with Crippen molar-refractivity contribution in [3.8, 4) is 28.6 Å². The van der Waals surface area contributed by atoms with Gasteiger partial charge in [0.05, 0.1) is 23.4 Å². The van der Waals surface area contributed by atoms with E-state index < -0.39 is 0 Å². The molecule has 3 aromatic rings. The third-order valence-electron chi connectivity index (χ3n) is 6.04. The molecule has 0 spiro atoms. The van der Waals surface area contributed by atoms with E-state index in [1.165, 1.54) is 19.3 Å². The quantitative estimate of drug-likeness (QED) is 0.735. The molecule has 6 nitrogen and oxygen atoms in total. The van der Waals surface area contributed by atoms with E-state index in [1.54, 1.807) is 12.4 Å². The Morgan fingerprint density at radius 2 is 1.86 bits per heavy atom. The molecular formula is C22H24N4O2. The summed E-state index contributed by atoms with van der Waals surface area (Å²) in [6.45, 7) is 1.93. The van der Waals surface area contributed by atoms with E-state index in [0.29, 0.717) is 17.1 Å². The highest BCUT2D eigenvalue weighted by atomic mass is 16.5. The maximum atomic E-state index is 10.5. The lowest BCUT2D eigenvalue weighted by molar-refractivity contribution is 0.113. The van der Waals surface area contributed by atoms with E-state index >= 15 is 0 Å². The third kappa shape index (κ3) is 3.35. The Bertz CT molecular complexity index is 970. The van der Waals surface area contributed by atoms with Crippen LogP contribution in [-0.2, 0) is 0 Å². The van der Waals surface area contributed by atoms with Crippen molar-refractivity contribution in [3.63, 3.8) is 0 Å². The molecule has 2 unspecified atom stereocenters. The number of rotatable bonds is 4. The normalized spacial score (nSPS) is 23.7. The van der Waals surface area contributed by atoms with Gasteiger partial charge in [0, 0.05) is 23.9 Å². The summed E-state index contributed by atoms with van der Waals surface area (Å²) in [6.07, 6.45) is 10.2. The monoisotopic (exact) mass is 376 g/mol. The lowest BCUT2D eigenvalue weighted by Crippen LogP contribution is -2.26. The number of hydrogen-bond acceptors (Lipinski definition) is 5. The zero-order chi connectivity index (χ0) is 19.1. The molecule has 2 fully saturated rings. The van der Waals surface area contributed by atoms with Crippen LogP contribution in [0.5, 0.6) is 11.6 Å². The topological polar surface area (TPSA) is 73.1 Å². The first-order valence-corrected chi connectivity index (χ1v) is 9.99. The van der Waals surface area contributed by atoms with Gasteiger partial charge in [-0.3, -0.25) is 0 Å². The summed E-state index contributed by atoms with van der Waals surface area (Å²) < 4.78 is 7.96. The molecule has 1 aromatic carbocycles. The van der Waals surface area contributed by atoms with Gasteiger partial charge in [-0.05, 0) is 56.2 Å². The van der Waals surface area contributed by atoms with Crippen LogP contribution in [-0.4, -0.2) is 31.0 Å². The predicted molar refractivity (Wildman–Crippen MR) is 105 cm³/mol. The molecule has 2 aromatic heterocycles.